The maximum atomic E-state index is 14.8. The van der Waals surface area contributed by atoms with Gasteiger partial charge in [-0.05, 0) is 47.9 Å². The molecule has 5 aromatic rings. The minimum atomic E-state index is -1.07. The minimum Gasteiger partial charge on any atom is -0.494 e. The second-order valence-electron chi connectivity index (χ2n) is 9.08. The molecule has 2 aromatic heterocycles. The van der Waals surface area contributed by atoms with Gasteiger partial charge in [-0.3, -0.25) is 9.20 Å². The molecule has 0 aliphatic rings. The third-order valence-corrected chi connectivity index (χ3v) is 6.71. The van der Waals surface area contributed by atoms with Gasteiger partial charge in [0.1, 0.15) is 0 Å². The summed E-state index contributed by atoms with van der Waals surface area (Å²) in [5.41, 5.74) is 9.76. The van der Waals surface area contributed by atoms with Gasteiger partial charge in [-0.15, -0.1) is 0 Å². The SMILES string of the molecule is CCc1cc(Nc2nccn3c(-c4ccc(OC)c(F)c4F)cnc23)ccc1C(=O)N[C@@H](CN)c1ccccc1. The highest BCUT2D eigenvalue weighted by atomic mass is 19.2. The number of fused-ring (bicyclic) bond motifs is 1. The number of nitrogens with zero attached hydrogens (tertiary/aromatic N) is 3. The van der Waals surface area contributed by atoms with Crippen LogP contribution in [0.2, 0.25) is 0 Å². The monoisotopic (exact) mass is 542 g/mol. The van der Waals surface area contributed by atoms with Crippen molar-refractivity contribution in [2.45, 2.75) is 19.4 Å². The third-order valence-electron chi connectivity index (χ3n) is 6.71. The first-order chi connectivity index (χ1) is 19.4. The summed E-state index contributed by atoms with van der Waals surface area (Å²) in [6, 6.07) is 17.5. The molecule has 3 aromatic carbocycles. The van der Waals surface area contributed by atoms with Crippen molar-refractivity contribution >= 4 is 23.1 Å². The second kappa shape index (κ2) is 11.5. The van der Waals surface area contributed by atoms with Crippen molar-refractivity contribution in [2.75, 3.05) is 19.0 Å². The van der Waals surface area contributed by atoms with E-state index < -0.39 is 11.6 Å². The van der Waals surface area contributed by atoms with Gasteiger partial charge >= 0.3 is 0 Å². The Hall–Kier alpha value is -4.83. The molecular weight excluding hydrogens is 514 g/mol. The summed E-state index contributed by atoms with van der Waals surface area (Å²) in [4.78, 5) is 22.0. The minimum absolute atomic E-state index is 0.0397. The Labute approximate surface area is 229 Å². The number of benzene rings is 3. The highest BCUT2D eigenvalue weighted by molar-refractivity contribution is 5.96. The number of hydrogen-bond acceptors (Lipinski definition) is 6. The number of nitrogens with two attached hydrogens (primary N) is 1. The van der Waals surface area contributed by atoms with Gasteiger partial charge in [-0.25, -0.2) is 14.4 Å². The lowest BCUT2D eigenvalue weighted by atomic mass is 10.0. The molecule has 2 heterocycles. The molecule has 4 N–H and O–H groups in total. The molecule has 0 bridgehead atoms. The first-order valence-electron chi connectivity index (χ1n) is 12.7. The molecule has 204 valence electrons. The van der Waals surface area contributed by atoms with Gasteiger partial charge in [0.05, 0.1) is 25.0 Å². The maximum Gasteiger partial charge on any atom is 0.252 e. The van der Waals surface area contributed by atoms with E-state index >= 15 is 0 Å². The Morgan fingerprint density at radius 2 is 1.88 bits per heavy atom. The van der Waals surface area contributed by atoms with Crippen molar-refractivity contribution < 1.29 is 18.3 Å². The van der Waals surface area contributed by atoms with Gasteiger partial charge in [0.2, 0.25) is 5.82 Å². The molecule has 0 aliphatic carbocycles. The van der Waals surface area contributed by atoms with Crippen LogP contribution >= 0.6 is 0 Å². The molecular formula is C30H28F2N6O2. The van der Waals surface area contributed by atoms with Crippen LogP contribution in [0, 0.1) is 11.6 Å². The Kier molecular flexibility index (Phi) is 7.70. The topological polar surface area (TPSA) is 107 Å². The number of imidazole rings is 1. The van der Waals surface area contributed by atoms with E-state index in [-0.39, 0.29) is 29.8 Å². The van der Waals surface area contributed by atoms with Gasteiger partial charge in [0.25, 0.3) is 5.91 Å². The number of carbonyl (C=O) groups excluding carboxylic acids is 1. The first-order valence-corrected chi connectivity index (χ1v) is 12.7. The fraction of sp³-hybridized carbons (Fsp3) is 0.167. The van der Waals surface area contributed by atoms with E-state index in [4.69, 9.17) is 10.5 Å². The summed E-state index contributed by atoms with van der Waals surface area (Å²) in [5.74, 6) is -2.08. The smallest absolute Gasteiger partial charge is 0.252 e. The van der Waals surface area contributed by atoms with E-state index in [0.29, 0.717) is 34.8 Å². The standard InChI is InChI=1S/C30H28F2N6O2/c1-3-18-15-20(9-10-21(18)30(39)37-23(16-33)19-7-5-4-6-8-19)36-28-29-35-17-24(38(29)14-13-34-28)22-11-12-25(40-2)27(32)26(22)31/h4-15,17,23H,3,16,33H2,1-2H3,(H,34,36)(H,37,39)/t23-/m0/s1. The molecule has 8 nitrogen and oxygen atoms in total. The summed E-state index contributed by atoms with van der Waals surface area (Å²) < 4.78 is 35.7. The van der Waals surface area contributed by atoms with E-state index in [9.17, 15) is 13.6 Å². The van der Waals surface area contributed by atoms with E-state index in [1.54, 1.807) is 22.7 Å². The maximum absolute atomic E-state index is 14.8. The highest BCUT2D eigenvalue weighted by Gasteiger charge is 2.20. The number of aryl methyl sites for hydroxylation is 1. The summed E-state index contributed by atoms with van der Waals surface area (Å²) in [7, 11) is 1.28. The molecule has 0 saturated heterocycles. The Bertz CT molecular complexity index is 1670. The van der Waals surface area contributed by atoms with E-state index in [1.807, 2.05) is 43.3 Å². The molecule has 5 rings (SSSR count). The molecule has 0 radical (unpaired) electrons. The van der Waals surface area contributed by atoms with Crippen LogP contribution in [0.5, 0.6) is 5.75 Å². The van der Waals surface area contributed by atoms with Crippen LogP contribution < -0.4 is 21.1 Å². The Morgan fingerprint density at radius 3 is 2.60 bits per heavy atom. The first kappa shape index (κ1) is 26.8. The van der Waals surface area contributed by atoms with Crippen molar-refractivity contribution in [3.05, 3.63) is 108 Å². The van der Waals surface area contributed by atoms with Gasteiger partial charge in [0.15, 0.2) is 23.0 Å². The lowest BCUT2D eigenvalue weighted by Gasteiger charge is -2.19. The number of halogens is 2. The van der Waals surface area contributed by atoms with Gasteiger partial charge in [0, 0.05) is 35.8 Å². The van der Waals surface area contributed by atoms with Gasteiger partial charge < -0.3 is 21.1 Å². The molecule has 0 unspecified atom stereocenters. The lowest BCUT2D eigenvalue weighted by molar-refractivity contribution is 0.0937. The zero-order valence-corrected chi connectivity index (χ0v) is 22.0. The zero-order valence-electron chi connectivity index (χ0n) is 22.0. The Morgan fingerprint density at radius 1 is 1.07 bits per heavy atom. The van der Waals surface area contributed by atoms with E-state index in [2.05, 4.69) is 20.6 Å². The van der Waals surface area contributed by atoms with Crippen LogP contribution in [0.25, 0.3) is 16.9 Å². The number of aromatic nitrogens is 3. The molecule has 0 spiro atoms. The lowest BCUT2D eigenvalue weighted by Crippen LogP contribution is -2.33. The van der Waals surface area contributed by atoms with Crippen molar-refractivity contribution in [1.29, 1.82) is 0 Å². The molecule has 0 saturated carbocycles. The number of amides is 1. The summed E-state index contributed by atoms with van der Waals surface area (Å²) in [6.07, 6.45) is 5.23. The third kappa shape index (κ3) is 5.08. The van der Waals surface area contributed by atoms with Crippen molar-refractivity contribution in [1.82, 2.24) is 19.7 Å². The van der Waals surface area contributed by atoms with Crippen LogP contribution in [0.1, 0.15) is 34.5 Å². The van der Waals surface area contributed by atoms with Crippen LogP contribution in [0.3, 0.4) is 0 Å². The largest absolute Gasteiger partial charge is 0.494 e. The molecule has 1 atom stereocenters. The molecule has 0 fully saturated rings. The fourth-order valence-electron chi connectivity index (χ4n) is 4.62. The summed E-state index contributed by atoms with van der Waals surface area (Å²) in [6.45, 7) is 2.24. The summed E-state index contributed by atoms with van der Waals surface area (Å²) >= 11 is 0. The van der Waals surface area contributed by atoms with E-state index in [1.165, 1.54) is 31.6 Å². The Balaban J connectivity index is 1.41. The second-order valence-corrected chi connectivity index (χ2v) is 9.08. The highest BCUT2D eigenvalue weighted by Crippen LogP contribution is 2.31. The molecule has 1 amide bonds. The van der Waals surface area contributed by atoms with Crippen molar-refractivity contribution in [3.8, 4) is 17.0 Å². The number of nitrogens with one attached hydrogen (secondary N) is 2. The molecule has 40 heavy (non-hydrogen) atoms. The van der Waals surface area contributed by atoms with Crippen molar-refractivity contribution in [3.63, 3.8) is 0 Å². The number of ether oxygens (including phenoxy) is 1. The average molecular weight is 543 g/mol. The van der Waals surface area contributed by atoms with Crippen molar-refractivity contribution in [2.24, 2.45) is 5.73 Å². The number of anilines is 2. The van der Waals surface area contributed by atoms with Gasteiger partial charge in [-0.2, -0.15) is 4.39 Å². The van der Waals surface area contributed by atoms with E-state index in [0.717, 1.165) is 11.1 Å². The summed E-state index contributed by atoms with van der Waals surface area (Å²) in [5, 5.41) is 6.27. The number of rotatable bonds is 9. The number of carbonyl (C=O) groups is 1. The average Bonchev–Trinajstić information content (AvgIpc) is 3.42. The molecule has 10 heteroatoms. The predicted molar refractivity (Wildman–Crippen MR) is 150 cm³/mol. The van der Waals surface area contributed by atoms with Gasteiger partial charge in [-0.1, -0.05) is 37.3 Å². The quantitative estimate of drug-likeness (QED) is 0.230. The number of hydrogen-bond donors (Lipinski definition) is 3. The van der Waals surface area contributed by atoms with Crippen LogP contribution in [-0.2, 0) is 6.42 Å². The van der Waals surface area contributed by atoms with Crippen LogP contribution in [-0.4, -0.2) is 33.9 Å². The normalized spacial score (nSPS) is 11.8. The number of methoxy groups -OCH3 is 1. The van der Waals surface area contributed by atoms with Crippen LogP contribution in [0.15, 0.2) is 79.3 Å². The van der Waals surface area contributed by atoms with Crippen LogP contribution in [0.4, 0.5) is 20.3 Å². The fourth-order valence-corrected chi connectivity index (χ4v) is 4.62. The molecule has 0 aliphatic heterocycles. The predicted octanol–water partition coefficient (Wildman–Crippen LogP) is 5.42. The zero-order chi connectivity index (χ0) is 28.2.